The minimum Gasteiger partial charge on any atom is -0.503 e. The molecule has 0 bridgehead atoms. The number of halogens is 2. The van der Waals surface area contributed by atoms with Crippen LogP contribution in [0.1, 0.15) is 17.7 Å². The van der Waals surface area contributed by atoms with Gasteiger partial charge in [-0.3, -0.25) is 4.79 Å². The SMILES string of the molecule is COc1nc(C(F)F)cc(CC(=O)O)c1O. The van der Waals surface area contributed by atoms with E-state index in [4.69, 9.17) is 5.11 Å². The first-order valence-corrected chi connectivity index (χ1v) is 4.22. The van der Waals surface area contributed by atoms with E-state index in [1.54, 1.807) is 0 Å². The normalized spacial score (nSPS) is 10.5. The van der Waals surface area contributed by atoms with E-state index in [9.17, 15) is 18.7 Å². The lowest BCUT2D eigenvalue weighted by molar-refractivity contribution is -0.136. The van der Waals surface area contributed by atoms with Gasteiger partial charge in [-0.25, -0.2) is 13.8 Å². The van der Waals surface area contributed by atoms with Gasteiger partial charge >= 0.3 is 5.97 Å². The third-order valence-electron chi connectivity index (χ3n) is 1.82. The zero-order valence-electron chi connectivity index (χ0n) is 8.28. The maximum Gasteiger partial charge on any atom is 0.307 e. The number of ether oxygens (including phenoxy) is 1. The van der Waals surface area contributed by atoms with Crippen molar-refractivity contribution in [2.75, 3.05) is 7.11 Å². The number of aromatic nitrogens is 1. The van der Waals surface area contributed by atoms with Crippen LogP contribution < -0.4 is 4.74 Å². The maximum absolute atomic E-state index is 12.4. The molecular formula is C9H9F2NO4. The number of aromatic hydroxyl groups is 1. The lowest BCUT2D eigenvalue weighted by Crippen LogP contribution is -2.04. The van der Waals surface area contributed by atoms with E-state index in [0.29, 0.717) is 0 Å². The highest BCUT2D eigenvalue weighted by Gasteiger charge is 2.19. The summed E-state index contributed by atoms with van der Waals surface area (Å²) in [4.78, 5) is 13.8. The Labute approximate surface area is 89.3 Å². The van der Waals surface area contributed by atoms with Crippen molar-refractivity contribution in [3.8, 4) is 11.6 Å². The van der Waals surface area contributed by atoms with E-state index in [-0.39, 0.29) is 5.56 Å². The Morgan fingerprint density at radius 2 is 2.25 bits per heavy atom. The Morgan fingerprint density at radius 1 is 1.62 bits per heavy atom. The summed E-state index contributed by atoms with van der Waals surface area (Å²) in [5.41, 5.74) is -0.791. The summed E-state index contributed by atoms with van der Waals surface area (Å²) in [6, 6.07) is 0.844. The molecule has 7 heteroatoms. The van der Waals surface area contributed by atoms with Gasteiger partial charge in [-0.05, 0) is 6.07 Å². The van der Waals surface area contributed by atoms with Crippen LogP contribution in [-0.4, -0.2) is 28.3 Å². The van der Waals surface area contributed by atoms with Crippen LogP contribution in [0.25, 0.3) is 0 Å². The third-order valence-corrected chi connectivity index (χ3v) is 1.82. The Balaban J connectivity index is 3.24. The molecule has 2 N–H and O–H groups in total. The fourth-order valence-electron chi connectivity index (χ4n) is 1.14. The van der Waals surface area contributed by atoms with Gasteiger partial charge in [0.15, 0.2) is 5.75 Å². The number of carbonyl (C=O) groups is 1. The van der Waals surface area contributed by atoms with E-state index in [1.165, 1.54) is 0 Å². The average molecular weight is 233 g/mol. The molecule has 0 unspecified atom stereocenters. The van der Waals surface area contributed by atoms with Crippen LogP contribution in [0, 0.1) is 0 Å². The van der Waals surface area contributed by atoms with Gasteiger partial charge in [0, 0.05) is 5.56 Å². The van der Waals surface area contributed by atoms with Gasteiger partial charge in [0.05, 0.1) is 13.5 Å². The molecular weight excluding hydrogens is 224 g/mol. The van der Waals surface area contributed by atoms with Gasteiger partial charge in [0.25, 0.3) is 12.3 Å². The van der Waals surface area contributed by atoms with Crippen LogP contribution in [0.4, 0.5) is 8.78 Å². The summed E-state index contributed by atoms with van der Waals surface area (Å²) in [6.45, 7) is 0. The number of carboxylic acid groups (broad SMARTS) is 1. The zero-order valence-corrected chi connectivity index (χ0v) is 8.28. The summed E-state index contributed by atoms with van der Waals surface area (Å²) < 4.78 is 29.3. The molecule has 0 saturated carbocycles. The quantitative estimate of drug-likeness (QED) is 0.820. The Hall–Kier alpha value is -1.92. The van der Waals surface area contributed by atoms with Crippen molar-refractivity contribution in [1.82, 2.24) is 4.98 Å². The largest absolute Gasteiger partial charge is 0.503 e. The monoisotopic (exact) mass is 233 g/mol. The second kappa shape index (κ2) is 4.73. The molecule has 0 aliphatic carbocycles. The number of methoxy groups -OCH3 is 1. The van der Waals surface area contributed by atoms with E-state index in [2.05, 4.69) is 9.72 Å². The number of carboxylic acids is 1. The summed E-state index contributed by atoms with van der Waals surface area (Å²) in [6.07, 6.45) is -3.44. The molecule has 1 aromatic heterocycles. The highest BCUT2D eigenvalue weighted by molar-refractivity contribution is 5.71. The number of alkyl halides is 2. The van der Waals surface area contributed by atoms with Crippen molar-refractivity contribution in [2.45, 2.75) is 12.8 Å². The van der Waals surface area contributed by atoms with Crippen LogP contribution in [0.3, 0.4) is 0 Å². The fourth-order valence-corrected chi connectivity index (χ4v) is 1.14. The summed E-state index contributed by atoms with van der Waals surface area (Å²) >= 11 is 0. The standard InChI is InChI=1S/C9H9F2NO4/c1-16-9-7(15)4(3-6(13)14)2-5(12-9)8(10)11/h2,8,15H,3H2,1H3,(H,13,14). The Bertz CT molecular complexity index is 409. The molecule has 88 valence electrons. The highest BCUT2D eigenvalue weighted by Crippen LogP contribution is 2.31. The van der Waals surface area contributed by atoms with Crippen LogP contribution in [0.2, 0.25) is 0 Å². The first-order valence-electron chi connectivity index (χ1n) is 4.22. The molecule has 0 aliphatic rings. The topological polar surface area (TPSA) is 79.7 Å². The molecule has 5 nitrogen and oxygen atoms in total. The number of aliphatic carboxylic acids is 1. The molecule has 0 spiro atoms. The molecule has 0 aliphatic heterocycles. The van der Waals surface area contributed by atoms with Crippen molar-refractivity contribution >= 4 is 5.97 Å². The molecule has 1 aromatic rings. The van der Waals surface area contributed by atoms with Crippen molar-refractivity contribution < 1.29 is 28.5 Å². The second-order valence-corrected chi connectivity index (χ2v) is 2.94. The molecule has 0 amide bonds. The number of pyridine rings is 1. The summed E-state index contributed by atoms with van der Waals surface area (Å²) in [5.74, 6) is -2.19. The Morgan fingerprint density at radius 3 is 2.69 bits per heavy atom. The molecule has 0 saturated heterocycles. The molecule has 0 radical (unpaired) electrons. The van der Waals surface area contributed by atoms with Gasteiger partial charge in [-0.15, -0.1) is 0 Å². The van der Waals surface area contributed by atoms with E-state index >= 15 is 0 Å². The number of hydrogen-bond donors (Lipinski definition) is 2. The third kappa shape index (κ3) is 2.56. The lowest BCUT2D eigenvalue weighted by Gasteiger charge is -2.09. The summed E-state index contributed by atoms with van der Waals surface area (Å²) in [7, 11) is 1.14. The van der Waals surface area contributed by atoms with Gasteiger partial charge in [-0.2, -0.15) is 0 Å². The minimum absolute atomic E-state index is 0.158. The van der Waals surface area contributed by atoms with E-state index in [1.807, 2.05) is 0 Å². The van der Waals surface area contributed by atoms with Gasteiger partial charge in [-0.1, -0.05) is 0 Å². The Kier molecular flexibility index (Phi) is 3.60. The lowest BCUT2D eigenvalue weighted by atomic mass is 10.1. The van der Waals surface area contributed by atoms with Gasteiger partial charge in [0.2, 0.25) is 0 Å². The first-order chi connectivity index (χ1) is 7.45. The van der Waals surface area contributed by atoms with Crippen LogP contribution >= 0.6 is 0 Å². The van der Waals surface area contributed by atoms with E-state index < -0.39 is 36.1 Å². The maximum atomic E-state index is 12.4. The zero-order chi connectivity index (χ0) is 12.3. The second-order valence-electron chi connectivity index (χ2n) is 2.94. The number of rotatable bonds is 4. The molecule has 16 heavy (non-hydrogen) atoms. The van der Waals surface area contributed by atoms with Crippen molar-refractivity contribution in [3.63, 3.8) is 0 Å². The van der Waals surface area contributed by atoms with Crippen molar-refractivity contribution in [3.05, 3.63) is 17.3 Å². The van der Waals surface area contributed by atoms with Gasteiger partial charge < -0.3 is 14.9 Å². The molecule has 1 heterocycles. The molecule has 0 atom stereocenters. The first kappa shape index (κ1) is 12.2. The average Bonchev–Trinajstić information content (AvgIpc) is 2.20. The number of nitrogens with zero attached hydrogens (tertiary/aromatic N) is 1. The fraction of sp³-hybridized carbons (Fsp3) is 0.333. The predicted molar refractivity (Wildman–Crippen MR) is 48.8 cm³/mol. The van der Waals surface area contributed by atoms with Crippen LogP contribution in [0.15, 0.2) is 6.07 Å². The molecule has 1 rings (SSSR count). The number of hydrogen-bond acceptors (Lipinski definition) is 4. The van der Waals surface area contributed by atoms with E-state index in [0.717, 1.165) is 13.2 Å². The molecule has 0 aromatic carbocycles. The van der Waals surface area contributed by atoms with Crippen molar-refractivity contribution in [2.24, 2.45) is 0 Å². The van der Waals surface area contributed by atoms with Crippen LogP contribution in [0.5, 0.6) is 11.6 Å². The van der Waals surface area contributed by atoms with Crippen LogP contribution in [-0.2, 0) is 11.2 Å². The summed E-state index contributed by atoms with van der Waals surface area (Å²) in [5, 5.41) is 18.0. The predicted octanol–water partition coefficient (Wildman–Crippen LogP) is 1.36. The van der Waals surface area contributed by atoms with Crippen molar-refractivity contribution in [1.29, 1.82) is 0 Å². The molecule has 0 fully saturated rings. The minimum atomic E-state index is -2.86. The smallest absolute Gasteiger partial charge is 0.307 e. The highest BCUT2D eigenvalue weighted by atomic mass is 19.3. The van der Waals surface area contributed by atoms with Gasteiger partial charge in [0.1, 0.15) is 5.69 Å².